The summed E-state index contributed by atoms with van der Waals surface area (Å²) in [5.74, 6) is 0.612. The zero-order chi connectivity index (χ0) is 14.9. The van der Waals surface area contributed by atoms with Crippen LogP contribution in [-0.2, 0) is 4.79 Å². The van der Waals surface area contributed by atoms with Gasteiger partial charge in [-0.1, -0.05) is 31.4 Å². The molecule has 0 bridgehead atoms. The summed E-state index contributed by atoms with van der Waals surface area (Å²) < 4.78 is 12.7. The number of amides is 1. The third kappa shape index (κ3) is 6.34. The molecule has 2 rings (SSSR count). The third-order valence-corrected chi connectivity index (χ3v) is 4.99. The lowest BCUT2D eigenvalue weighted by molar-refractivity contribution is -0.116. The van der Waals surface area contributed by atoms with E-state index in [1.807, 2.05) is 11.8 Å². The number of hydrogen-bond acceptors (Lipinski definition) is 2. The van der Waals surface area contributed by atoms with Gasteiger partial charge in [-0.25, -0.2) is 4.39 Å². The molecule has 4 heteroatoms. The second kappa shape index (κ2) is 8.88. The minimum atomic E-state index is -0.267. The molecule has 1 aromatic rings. The van der Waals surface area contributed by atoms with Gasteiger partial charge in [0.05, 0.1) is 0 Å². The van der Waals surface area contributed by atoms with E-state index in [0.717, 1.165) is 16.6 Å². The van der Waals surface area contributed by atoms with Crippen molar-refractivity contribution in [3.05, 3.63) is 41.7 Å². The van der Waals surface area contributed by atoms with E-state index in [1.165, 1.54) is 50.3 Å². The van der Waals surface area contributed by atoms with Crippen molar-refractivity contribution < 1.29 is 9.18 Å². The standard InChI is InChI=1S/C17H22FNOS/c18-15-9-6-14(7-10-15)8-11-17(20)19-12-13-21-16-4-2-1-3-5-16/h6-11,16H,1-5,12-13H2,(H,19,20)/b11-8+. The van der Waals surface area contributed by atoms with Crippen molar-refractivity contribution in [3.8, 4) is 0 Å². The fourth-order valence-corrected chi connectivity index (χ4v) is 3.66. The summed E-state index contributed by atoms with van der Waals surface area (Å²) in [4.78, 5) is 11.7. The van der Waals surface area contributed by atoms with E-state index < -0.39 is 0 Å². The number of carbonyl (C=O) groups is 1. The van der Waals surface area contributed by atoms with Crippen LogP contribution in [-0.4, -0.2) is 23.5 Å². The van der Waals surface area contributed by atoms with Crippen molar-refractivity contribution in [1.29, 1.82) is 0 Å². The molecule has 1 N–H and O–H groups in total. The van der Waals surface area contributed by atoms with Gasteiger partial charge in [-0.15, -0.1) is 0 Å². The molecule has 0 atom stereocenters. The third-order valence-electron chi connectivity index (χ3n) is 3.60. The van der Waals surface area contributed by atoms with Crippen LogP contribution in [0.4, 0.5) is 4.39 Å². The highest BCUT2D eigenvalue weighted by molar-refractivity contribution is 7.99. The van der Waals surface area contributed by atoms with E-state index in [2.05, 4.69) is 5.32 Å². The Balaban J connectivity index is 1.61. The van der Waals surface area contributed by atoms with E-state index in [0.29, 0.717) is 6.54 Å². The van der Waals surface area contributed by atoms with Gasteiger partial charge < -0.3 is 5.32 Å². The Morgan fingerprint density at radius 2 is 1.95 bits per heavy atom. The van der Waals surface area contributed by atoms with Crippen LogP contribution in [0.3, 0.4) is 0 Å². The highest BCUT2D eigenvalue weighted by Gasteiger charge is 2.12. The molecular weight excluding hydrogens is 285 g/mol. The molecule has 1 amide bonds. The SMILES string of the molecule is O=C(/C=C/c1ccc(F)cc1)NCCSC1CCCCC1. The molecule has 114 valence electrons. The van der Waals surface area contributed by atoms with Gasteiger partial charge in [0, 0.05) is 23.6 Å². The van der Waals surface area contributed by atoms with Gasteiger partial charge in [-0.2, -0.15) is 11.8 Å². The summed E-state index contributed by atoms with van der Waals surface area (Å²) in [6.45, 7) is 0.702. The van der Waals surface area contributed by atoms with Gasteiger partial charge in [-0.3, -0.25) is 4.79 Å². The Labute approximate surface area is 130 Å². The molecule has 0 radical (unpaired) electrons. The first kappa shape index (κ1) is 16.1. The topological polar surface area (TPSA) is 29.1 Å². The molecule has 0 spiro atoms. The Morgan fingerprint density at radius 1 is 1.24 bits per heavy atom. The number of rotatable bonds is 6. The molecular formula is C17H22FNOS. The zero-order valence-electron chi connectivity index (χ0n) is 12.2. The second-order valence-corrected chi connectivity index (χ2v) is 6.71. The summed E-state index contributed by atoms with van der Waals surface area (Å²) in [6, 6.07) is 6.08. The Bertz CT molecular complexity index is 466. The molecule has 0 saturated heterocycles. The number of thioether (sulfide) groups is 1. The molecule has 1 aliphatic carbocycles. The maximum Gasteiger partial charge on any atom is 0.244 e. The lowest BCUT2D eigenvalue weighted by atomic mass is 10.0. The molecule has 1 aromatic carbocycles. The van der Waals surface area contributed by atoms with Crippen LogP contribution in [0.2, 0.25) is 0 Å². The van der Waals surface area contributed by atoms with Crippen molar-refractivity contribution in [2.24, 2.45) is 0 Å². The van der Waals surface area contributed by atoms with Crippen molar-refractivity contribution in [3.63, 3.8) is 0 Å². The summed E-state index contributed by atoms with van der Waals surface area (Å²) >= 11 is 1.97. The highest BCUT2D eigenvalue weighted by Crippen LogP contribution is 2.27. The number of carbonyl (C=O) groups excluding carboxylic acids is 1. The van der Waals surface area contributed by atoms with Crippen LogP contribution >= 0.6 is 11.8 Å². The largest absolute Gasteiger partial charge is 0.352 e. The van der Waals surface area contributed by atoms with Gasteiger partial charge in [0.1, 0.15) is 5.82 Å². The summed E-state index contributed by atoms with van der Waals surface area (Å²) in [5.41, 5.74) is 0.822. The zero-order valence-corrected chi connectivity index (χ0v) is 13.0. The predicted octanol–water partition coefficient (Wildman–Crippen LogP) is 4.02. The number of nitrogens with one attached hydrogen (secondary N) is 1. The number of hydrogen-bond donors (Lipinski definition) is 1. The molecule has 21 heavy (non-hydrogen) atoms. The van der Waals surface area contributed by atoms with Crippen LogP contribution in [0.25, 0.3) is 6.08 Å². The highest BCUT2D eigenvalue weighted by atomic mass is 32.2. The smallest absolute Gasteiger partial charge is 0.244 e. The molecule has 0 heterocycles. The molecule has 1 aliphatic rings. The quantitative estimate of drug-likeness (QED) is 0.635. The van der Waals surface area contributed by atoms with Gasteiger partial charge in [0.25, 0.3) is 0 Å². The normalized spacial score (nSPS) is 16.2. The summed E-state index contributed by atoms with van der Waals surface area (Å²) in [6.07, 6.45) is 9.92. The minimum Gasteiger partial charge on any atom is -0.352 e. The second-order valence-electron chi connectivity index (χ2n) is 5.31. The Morgan fingerprint density at radius 3 is 2.67 bits per heavy atom. The van der Waals surface area contributed by atoms with Crippen LogP contribution in [0.1, 0.15) is 37.7 Å². The van der Waals surface area contributed by atoms with E-state index in [1.54, 1.807) is 18.2 Å². The molecule has 0 aliphatic heterocycles. The van der Waals surface area contributed by atoms with E-state index in [4.69, 9.17) is 0 Å². The summed E-state index contributed by atoms with van der Waals surface area (Å²) in [7, 11) is 0. The molecule has 2 nitrogen and oxygen atoms in total. The van der Waals surface area contributed by atoms with Gasteiger partial charge >= 0.3 is 0 Å². The maximum atomic E-state index is 12.7. The van der Waals surface area contributed by atoms with Gasteiger partial charge in [0.2, 0.25) is 5.91 Å². The van der Waals surface area contributed by atoms with Crippen molar-refractivity contribution >= 4 is 23.7 Å². The maximum absolute atomic E-state index is 12.7. The fraction of sp³-hybridized carbons (Fsp3) is 0.471. The Hall–Kier alpha value is -1.29. The van der Waals surface area contributed by atoms with E-state index in [-0.39, 0.29) is 11.7 Å². The van der Waals surface area contributed by atoms with Crippen LogP contribution in [0.5, 0.6) is 0 Å². The Kier molecular flexibility index (Phi) is 6.80. The van der Waals surface area contributed by atoms with Crippen molar-refractivity contribution in [2.45, 2.75) is 37.4 Å². The lowest BCUT2D eigenvalue weighted by Crippen LogP contribution is -2.24. The lowest BCUT2D eigenvalue weighted by Gasteiger charge is -2.20. The van der Waals surface area contributed by atoms with Crippen molar-refractivity contribution in [1.82, 2.24) is 5.32 Å². The van der Waals surface area contributed by atoms with Crippen LogP contribution in [0.15, 0.2) is 30.3 Å². The van der Waals surface area contributed by atoms with Crippen LogP contribution < -0.4 is 5.32 Å². The first-order valence-corrected chi connectivity index (χ1v) is 8.62. The minimum absolute atomic E-state index is 0.0939. The average Bonchev–Trinajstić information content (AvgIpc) is 2.52. The average molecular weight is 307 g/mol. The molecule has 0 aromatic heterocycles. The predicted molar refractivity (Wildman–Crippen MR) is 87.8 cm³/mol. The molecule has 1 fully saturated rings. The first-order valence-electron chi connectivity index (χ1n) is 7.57. The molecule has 1 saturated carbocycles. The summed E-state index contributed by atoms with van der Waals surface area (Å²) in [5, 5.41) is 3.67. The van der Waals surface area contributed by atoms with E-state index in [9.17, 15) is 9.18 Å². The van der Waals surface area contributed by atoms with Gasteiger partial charge in [-0.05, 0) is 36.6 Å². The van der Waals surface area contributed by atoms with Crippen LogP contribution in [0, 0.1) is 5.82 Å². The van der Waals surface area contributed by atoms with Gasteiger partial charge in [0.15, 0.2) is 0 Å². The number of benzene rings is 1. The first-order chi connectivity index (χ1) is 10.2. The van der Waals surface area contributed by atoms with E-state index >= 15 is 0 Å². The monoisotopic (exact) mass is 307 g/mol. The fourth-order valence-electron chi connectivity index (χ4n) is 2.44. The van der Waals surface area contributed by atoms with Crippen molar-refractivity contribution in [2.75, 3.05) is 12.3 Å². The molecule has 0 unspecified atom stereocenters. The number of halogens is 1.